The van der Waals surface area contributed by atoms with Crippen LogP contribution in [0, 0.1) is 0 Å². The minimum absolute atomic E-state index is 0.263. The van der Waals surface area contributed by atoms with Crippen molar-refractivity contribution in [1.82, 2.24) is 5.32 Å². The quantitative estimate of drug-likeness (QED) is 0.861. The van der Waals surface area contributed by atoms with Crippen LogP contribution >= 0.6 is 0 Å². The van der Waals surface area contributed by atoms with Gasteiger partial charge in [0, 0.05) is 6.54 Å². The second-order valence-electron chi connectivity index (χ2n) is 5.18. The van der Waals surface area contributed by atoms with Crippen molar-refractivity contribution in [1.29, 1.82) is 0 Å². The van der Waals surface area contributed by atoms with E-state index in [0.29, 0.717) is 17.1 Å². The Kier molecular flexibility index (Phi) is 4.49. The molecule has 0 radical (unpaired) electrons. The highest BCUT2D eigenvalue weighted by atomic mass is 16.5. The highest BCUT2D eigenvalue weighted by Crippen LogP contribution is 2.29. The minimum Gasteiger partial charge on any atom is -0.497 e. The molecule has 20 heavy (non-hydrogen) atoms. The molecule has 2 rings (SSSR count). The Hall–Kier alpha value is -1.75. The van der Waals surface area contributed by atoms with Gasteiger partial charge < -0.3 is 19.9 Å². The van der Waals surface area contributed by atoms with Gasteiger partial charge >= 0.3 is 0 Å². The first-order chi connectivity index (χ1) is 9.58. The van der Waals surface area contributed by atoms with Crippen LogP contribution in [-0.4, -0.2) is 37.4 Å². The molecular formula is C15H21NO4. The van der Waals surface area contributed by atoms with E-state index in [1.807, 2.05) is 0 Å². The summed E-state index contributed by atoms with van der Waals surface area (Å²) < 4.78 is 10.3. The van der Waals surface area contributed by atoms with Crippen LogP contribution in [-0.2, 0) is 0 Å². The summed E-state index contributed by atoms with van der Waals surface area (Å²) in [5.41, 5.74) is -0.352. The van der Waals surface area contributed by atoms with Gasteiger partial charge in [0.1, 0.15) is 11.5 Å². The number of hydrogen-bond acceptors (Lipinski definition) is 4. The average molecular weight is 279 g/mol. The lowest BCUT2D eigenvalue weighted by molar-refractivity contribution is 0.0449. The molecule has 0 heterocycles. The van der Waals surface area contributed by atoms with E-state index in [2.05, 4.69) is 5.32 Å². The molecule has 0 aliphatic heterocycles. The lowest BCUT2D eigenvalue weighted by Crippen LogP contribution is -2.40. The Morgan fingerprint density at radius 3 is 2.60 bits per heavy atom. The molecule has 1 fully saturated rings. The summed E-state index contributed by atoms with van der Waals surface area (Å²) in [6, 6.07) is 5.06. The fourth-order valence-electron chi connectivity index (χ4n) is 2.54. The largest absolute Gasteiger partial charge is 0.497 e. The van der Waals surface area contributed by atoms with Crippen molar-refractivity contribution < 1.29 is 19.4 Å². The van der Waals surface area contributed by atoms with Crippen LogP contribution in [0.5, 0.6) is 11.5 Å². The van der Waals surface area contributed by atoms with Gasteiger partial charge in [-0.05, 0) is 31.0 Å². The highest BCUT2D eigenvalue weighted by Gasteiger charge is 2.31. The van der Waals surface area contributed by atoms with Crippen molar-refractivity contribution in [2.75, 3.05) is 20.8 Å². The number of amides is 1. The Balaban J connectivity index is 2.07. The fraction of sp³-hybridized carbons (Fsp3) is 0.533. The van der Waals surface area contributed by atoms with Crippen molar-refractivity contribution >= 4 is 5.91 Å². The van der Waals surface area contributed by atoms with Gasteiger partial charge in [0.25, 0.3) is 5.91 Å². The van der Waals surface area contributed by atoms with Crippen LogP contribution in [0.3, 0.4) is 0 Å². The van der Waals surface area contributed by atoms with Gasteiger partial charge in [-0.15, -0.1) is 0 Å². The normalized spacial score (nSPS) is 16.8. The van der Waals surface area contributed by atoms with Gasteiger partial charge in [0.15, 0.2) is 0 Å². The van der Waals surface area contributed by atoms with Crippen molar-refractivity contribution in [2.24, 2.45) is 0 Å². The summed E-state index contributed by atoms with van der Waals surface area (Å²) in [6.45, 7) is 0.270. The Morgan fingerprint density at radius 2 is 2.00 bits per heavy atom. The number of ether oxygens (including phenoxy) is 2. The topological polar surface area (TPSA) is 67.8 Å². The number of carbonyl (C=O) groups excluding carboxylic acids is 1. The van der Waals surface area contributed by atoms with Crippen LogP contribution in [0.1, 0.15) is 36.0 Å². The van der Waals surface area contributed by atoms with Gasteiger partial charge in [-0.3, -0.25) is 4.79 Å². The first-order valence-corrected chi connectivity index (χ1v) is 6.80. The molecule has 0 spiro atoms. The Morgan fingerprint density at radius 1 is 1.30 bits per heavy atom. The number of aliphatic hydroxyl groups is 1. The molecule has 0 unspecified atom stereocenters. The molecule has 1 saturated carbocycles. The van der Waals surface area contributed by atoms with E-state index in [-0.39, 0.29) is 12.5 Å². The van der Waals surface area contributed by atoms with Crippen LogP contribution in [0.2, 0.25) is 0 Å². The molecule has 1 aliphatic rings. The smallest absolute Gasteiger partial charge is 0.255 e. The van der Waals surface area contributed by atoms with Gasteiger partial charge in [-0.1, -0.05) is 12.8 Å². The highest BCUT2D eigenvalue weighted by molar-refractivity contribution is 5.97. The maximum atomic E-state index is 12.2. The van der Waals surface area contributed by atoms with Crippen LogP contribution in [0.4, 0.5) is 0 Å². The van der Waals surface area contributed by atoms with Crippen molar-refractivity contribution in [3.63, 3.8) is 0 Å². The number of hydrogen-bond donors (Lipinski definition) is 2. The van der Waals surface area contributed by atoms with Gasteiger partial charge in [0.2, 0.25) is 0 Å². The molecule has 1 aromatic carbocycles. The lowest BCUT2D eigenvalue weighted by atomic mass is 10.0. The third-order valence-corrected chi connectivity index (χ3v) is 3.76. The van der Waals surface area contributed by atoms with E-state index in [1.54, 1.807) is 25.3 Å². The van der Waals surface area contributed by atoms with E-state index >= 15 is 0 Å². The second kappa shape index (κ2) is 6.13. The van der Waals surface area contributed by atoms with Crippen molar-refractivity contribution in [2.45, 2.75) is 31.3 Å². The molecule has 0 saturated heterocycles. The molecule has 1 amide bonds. The Bertz CT molecular complexity index is 481. The molecule has 110 valence electrons. The van der Waals surface area contributed by atoms with E-state index in [9.17, 15) is 9.90 Å². The molecule has 5 heteroatoms. The summed E-state index contributed by atoms with van der Waals surface area (Å²) in [6.07, 6.45) is 3.49. The van der Waals surface area contributed by atoms with E-state index in [0.717, 1.165) is 25.7 Å². The summed E-state index contributed by atoms with van der Waals surface area (Å²) in [7, 11) is 3.06. The summed E-state index contributed by atoms with van der Waals surface area (Å²) in [4.78, 5) is 12.2. The molecule has 1 aliphatic carbocycles. The van der Waals surface area contributed by atoms with E-state index in [4.69, 9.17) is 9.47 Å². The maximum Gasteiger partial charge on any atom is 0.255 e. The number of nitrogens with one attached hydrogen (secondary N) is 1. The monoisotopic (exact) mass is 279 g/mol. The second-order valence-corrected chi connectivity index (χ2v) is 5.18. The fourth-order valence-corrected chi connectivity index (χ4v) is 2.54. The first-order valence-electron chi connectivity index (χ1n) is 6.80. The van der Waals surface area contributed by atoms with Gasteiger partial charge in [-0.2, -0.15) is 0 Å². The van der Waals surface area contributed by atoms with Gasteiger partial charge in [-0.25, -0.2) is 0 Å². The van der Waals surface area contributed by atoms with Crippen LogP contribution in [0.25, 0.3) is 0 Å². The minimum atomic E-state index is -0.762. The Labute approximate surface area is 118 Å². The van der Waals surface area contributed by atoms with E-state index < -0.39 is 5.60 Å². The number of carbonyl (C=O) groups is 1. The zero-order valence-electron chi connectivity index (χ0n) is 11.9. The van der Waals surface area contributed by atoms with Gasteiger partial charge in [0.05, 0.1) is 25.4 Å². The predicted molar refractivity (Wildman–Crippen MR) is 75.3 cm³/mol. The predicted octanol–water partition coefficient (Wildman–Crippen LogP) is 1.74. The zero-order chi connectivity index (χ0) is 14.6. The molecule has 2 N–H and O–H groups in total. The molecule has 0 atom stereocenters. The molecule has 0 bridgehead atoms. The van der Waals surface area contributed by atoms with Crippen molar-refractivity contribution in [3.8, 4) is 11.5 Å². The van der Waals surface area contributed by atoms with E-state index in [1.165, 1.54) is 7.11 Å². The molecule has 1 aromatic rings. The first kappa shape index (κ1) is 14.7. The summed E-state index contributed by atoms with van der Waals surface area (Å²) >= 11 is 0. The van der Waals surface area contributed by atoms with Crippen molar-refractivity contribution in [3.05, 3.63) is 23.8 Å². The van der Waals surface area contributed by atoms with Crippen LogP contribution < -0.4 is 14.8 Å². The summed E-state index contributed by atoms with van der Waals surface area (Å²) in [5, 5.41) is 13.0. The molecule has 5 nitrogen and oxygen atoms in total. The summed E-state index contributed by atoms with van der Waals surface area (Å²) in [5.74, 6) is 0.818. The third-order valence-electron chi connectivity index (χ3n) is 3.76. The SMILES string of the molecule is COc1ccc(OC)c(C(=O)NCC2(O)CCCC2)c1. The lowest BCUT2D eigenvalue weighted by Gasteiger charge is -2.22. The number of methoxy groups -OCH3 is 2. The number of benzene rings is 1. The average Bonchev–Trinajstić information content (AvgIpc) is 2.91. The molecule has 0 aromatic heterocycles. The molecular weight excluding hydrogens is 258 g/mol. The van der Waals surface area contributed by atoms with Crippen LogP contribution in [0.15, 0.2) is 18.2 Å². The standard InChI is InChI=1S/C15H21NO4/c1-19-11-5-6-13(20-2)12(9-11)14(17)16-10-15(18)7-3-4-8-15/h5-6,9,18H,3-4,7-8,10H2,1-2H3,(H,16,17). The third kappa shape index (κ3) is 3.22. The maximum absolute atomic E-state index is 12.2. The zero-order valence-corrected chi connectivity index (χ0v) is 11.9. The number of rotatable bonds is 5.